The summed E-state index contributed by atoms with van der Waals surface area (Å²) in [6, 6.07) is 8.81. The van der Waals surface area contributed by atoms with Gasteiger partial charge in [-0.2, -0.15) is 4.98 Å². The summed E-state index contributed by atoms with van der Waals surface area (Å²) in [4.78, 5) is 23.9. The zero-order valence-corrected chi connectivity index (χ0v) is 19.1. The van der Waals surface area contributed by atoms with Crippen LogP contribution in [0.4, 0.5) is 11.8 Å². The first-order chi connectivity index (χ1) is 15.1. The molecule has 0 atom stereocenters. The smallest absolute Gasteiger partial charge is 0.225 e. The molecule has 0 radical (unpaired) electrons. The molecule has 1 amide bonds. The van der Waals surface area contributed by atoms with Gasteiger partial charge in [0.2, 0.25) is 11.9 Å². The van der Waals surface area contributed by atoms with E-state index in [0.717, 1.165) is 54.7 Å². The van der Waals surface area contributed by atoms with E-state index in [1.165, 1.54) is 32.1 Å². The van der Waals surface area contributed by atoms with Crippen LogP contribution in [0.2, 0.25) is 0 Å². The second-order valence-electron chi connectivity index (χ2n) is 9.59. The lowest BCUT2D eigenvalue weighted by molar-refractivity contribution is -0.122. The van der Waals surface area contributed by atoms with Crippen LogP contribution in [0.3, 0.4) is 0 Å². The van der Waals surface area contributed by atoms with Gasteiger partial charge in [-0.1, -0.05) is 44.2 Å². The summed E-state index contributed by atoms with van der Waals surface area (Å²) in [7, 11) is 4.03. The molecular formula is C25H37N5O. The normalized spacial score (nSPS) is 22.3. The van der Waals surface area contributed by atoms with E-state index in [-0.39, 0.29) is 5.91 Å². The van der Waals surface area contributed by atoms with Crippen molar-refractivity contribution in [2.75, 3.05) is 24.3 Å². The number of para-hydroxylation sites is 1. The number of nitrogens with zero attached hydrogens (tertiary/aromatic N) is 3. The molecule has 168 valence electrons. The minimum absolute atomic E-state index is 0.246. The van der Waals surface area contributed by atoms with E-state index < -0.39 is 0 Å². The molecule has 0 bridgehead atoms. The summed E-state index contributed by atoms with van der Waals surface area (Å²) < 4.78 is 0. The first-order valence-corrected chi connectivity index (χ1v) is 12.1. The zero-order chi connectivity index (χ0) is 21.6. The highest BCUT2D eigenvalue weighted by Crippen LogP contribution is 2.28. The van der Waals surface area contributed by atoms with Crippen molar-refractivity contribution in [2.24, 2.45) is 5.92 Å². The van der Waals surface area contributed by atoms with Crippen molar-refractivity contribution in [2.45, 2.75) is 82.7 Å². The molecule has 6 nitrogen and oxygen atoms in total. The van der Waals surface area contributed by atoms with Crippen LogP contribution >= 0.6 is 0 Å². The molecule has 1 aromatic carbocycles. The van der Waals surface area contributed by atoms with E-state index in [0.29, 0.717) is 24.5 Å². The van der Waals surface area contributed by atoms with E-state index >= 15 is 0 Å². The molecule has 2 N–H and O–H groups in total. The largest absolute Gasteiger partial charge is 0.362 e. The van der Waals surface area contributed by atoms with Crippen LogP contribution < -0.4 is 15.5 Å². The molecule has 31 heavy (non-hydrogen) atoms. The summed E-state index contributed by atoms with van der Waals surface area (Å²) >= 11 is 0. The summed E-state index contributed by atoms with van der Waals surface area (Å²) in [5.41, 5.74) is 0.961. The summed E-state index contributed by atoms with van der Waals surface area (Å²) in [6.07, 6.45) is 12.6. The van der Waals surface area contributed by atoms with Gasteiger partial charge in [0.05, 0.1) is 5.52 Å². The maximum atomic E-state index is 12.4. The van der Waals surface area contributed by atoms with Gasteiger partial charge in [-0.3, -0.25) is 4.79 Å². The minimum Gasteiger partial charge on any atom is -0.362 e. The van der Waals surface area contributed by atoms with Gasteiger partial charge in [-0.15, -0.1) is 0 Å². The second kappa shape index (κ2) is 10.3. The van der Waals surface area contributed by atoms with Gasteiger partial charge in [0, 0.05) is 38.0 Å². The number of amides is 1. The van der Waals surface area contributed by atoms with Crippen LogP contribution in [0.25, 0.3) is 10.9 Å². The van der Waals surface area contributed by atoms with Crippen molar-refractivity contribution in [3.05, 3.63) is 24.3 Å². The van der Waals surface area contributed by atoms with Crippen molar-refractivity contribution in [1.29, 1.82) is 0 Å². The Morgan fingerprint density at radius 3 is 2.42 bits per heavy atom. The number of rotatable bonds is 7. The molecule has 4 rings (SSSR count). The maximum Gasteiger partial charge on any atom is 0.225 e. The van der Waals surface area contributed by atoms with Crippen molar-refractivity contribution in [3.63, 3.8) is 0 Å². The number of anilines is 2. The third-order valence-electron chi connectivity index (χ3n) is 6.94. The van der Waals surface area contributed by atoms with Gasteiger partial charge in [0.15, 0.2) is 0 Å². The molecule has 1 aromatic heterocycles. The molecule has 2 aliphatic carbocycles. The van der Waals surface area contributed by atoms with Gasteiger partial charge in [0.25, 0.3) is 0 Å². The van der Waals surface area contributed by atoms with Crippen LogP contribution in [-0.4, -0.2) is 42.1 Å². The Bertz CT molecular complexity index is 869. The van der Waals surface area contributed by atoms with Crippen LogP contribution in [-0.2, 0) is 4.79 Å². The Morgan fingerprint density at radius 2 is 1.68 bits per heavy atom. The fourth-order valence-electron chi connectivity index (χ4n) is 5.14. The number of carbonyl (C=O) groups is 1. The average molecular weight is 424 g/mol. The van der Waals surface area contributed by atoms with Crippen LogP contribution in [0.5, 0.6) is 0 Å². The number of aromatic nitrogens is 2. The van der Waals surface area contributed by atoms with Crippen molar-refractivity contribution in [1.82, 2.24) is 15.3 Å². The highest BCUT2D eigenvalue weighted by atomic mass is 16.1. The van der Waals surface area contributed by atoms with E-state index in [4.69, 9.17) is 9.97 Å². The second-order valence-corrected chi connectivity index (χ2v) is 9.59. The van der Waals surface area contributed by atoms with E-state index in [2.05, 4.69) is 16.7 Å². The minimum atomic E-state index is 0.246. The van der Waals surface area contributed by atoms with Crippen LogP contribution in [0, 0.1) is 5.92 Å². The molecule has 2 aliphatic rings. The quantitative estimate of drug-likeness (QED) is 0.663. The Balaban J connectivity index is 1.26. The Hall–Kier alpha value is -2.37. The highest BCUT2D eigenvalue weighted by molar-refractivity contribution is 5.90. The van der Waals surface area contributed by atoms with Crippen molar-refractivity contribution >= 4 is 28.6 Å². The molecule has 0 spiro atoms. The standard InChI is InChI=1S/C25H37N5O/c1-30(2)24-21-10-6-7-11-22(21)28-25(29-24)27-20-15-13-19(14-16-20)26-23(31)17-12-18-8-4-3-5-9-18/h6-7,10-11,18-20H,3-5,8-9,12-17H2,1-2H3,(H,26,31)(H,27,28,29)/t19-,20+. The van der Waals surface area contributed by atoms with E-state index in [9.17, 15) is 4.79 Å². The lowest BCUT2D eigenvalue weighted by atomic mass is 9.86. The number of nitrogens with one attached hydrogen (secondary N) is 2. The van der Waals surface area contributed by atoms with Gasteiger partial charge < -0.3 is 15.5 Å². The number of hydrogen-bond donors (Lipinski definition) is 2. The Morgan fingerprint density at radius 1 is 0.968 bits per heavy atom. The van der Waals surface area contributed by atoms with Crippen molar-refractivity contribution < 1.29 is 4.79 Å². The molecule has 1 heterocycles. The third kappa shape index (κ3) is 5.86. The maximum absolute atomic E-state index is 12.4. The van der Waals surface area contributed by atoms with Crippen LogP contribution in [0.1, 0.15) is 70.6 Å². The third-order valence-corrected chi connectivity index (χ3v) is 6.94. The predicted octanol–water partition coefficient (Wildman–Crippen LogP) is 4.90. The molecule has 2 fully saturated rings. The molecule has 0 unspecified atom stereocenters. The van der Waals surface area contributed by atoms with Crippen molar-refractivity contribution in [3.8, 4) is 0 Å². The lowest BCUT2D eigenvalue weighted by Gasteiger charge is -2.30. The fraction of sp³-hybridized carbons (Fsp3) is 0.640. The topological polar surface area (TPSA) is 70.2 Å². The number of benzene rings is 1. The molecule has 0 saturated heterocycles. The molecule has 0 aliphatic heterocycles. The van der Waals surface area contributed by atoms with Gasteiger partial charge in [-0.25, -0.2) is 4.98 Å². The molecule has 6 heteroatoms. The molecule has 2 saturated carbocycles. The van der Waals surface area contributed by atoms with Gasteiger partial charge in [-0.05, 0) is 50.2 Å². The summed E-state index contributed by atoms with van der Waals surface area (Å²) in [5.74, 6) is 2.65. The van der Waals surface area contributed by atoms with Crippen LogP contribution in [0.15, 0.2) is 24.3 Å². The molecular weight excluding hydrogens is 386 g/mol. The highest BCUT2D eigenvalue weighted by Gasteiger charge is 2.24. The van der Waals surface area contributed by atoms with Gasteiger partial charge >= 0.3 is 0 Å². The summed E-state index contributed by atoms with van der Waals surface area (Å²) in [6.45, 7) is 0. The number of fused-ring (bicyclic) bond motifs is 1. The first kappa shape index (κ1) is 21.8. The molecule has 2 aromatic rings. The monoisotopic (exact) mass is 423 g/mol. The summed E-state index contributed by atoms with van der Waals surface area (Å²) in [5, 5.41) is 7.90. The Labute approximate surface area is 186 Å². The Kier molecular flexibility index (Phi) is 7.25. The lowest BCUT2D eigenvalue weighted by Crippen LogP contribution is -2.40. The SMILES string of the molecule is CN(C)c1nc(N[C@H]2CC[C@@H](NC(=O)CCC3CCCCC3)CC2)nc2ccccc12. The van der Waals surface area contributed by atoms with E-state index in [1.54, 1.807) is 0 Å². The first-order valence-electron chi connectivity index (χ1n) is 12.1. The van der Waals surface area contributed by atoms with Gasteiger partial charge in [0.1, 0.15) is 5.82 Å². The number of hydrogen-bond acceptors (Lipinski definition) is 5. The van der Waals surface area contributed by atoms with E-state index in [1.807, 2.05) is 37.2 Å². The predicted molar refractivity (Wildman–Crippen MR) is 127 cm³/mol. The fourth-order valence-corrected chi connectivity index (χ4v) is 5.14. The zero-order valence-electron chi connectivity index (χ0n) is 19.1. The average Bonchev–Trinajstić information content (AvgIpc) is 2.79. The number of carbonyl (C=O) groups excluding carboxylic acids is 1.